The van der Waals surface area contributed by atoms with E-state index in [1.54, 1.807) is 38.1 Å². The Morgan fingerprint density at radius 3 is 1.95 bits per heavy atom. The molecule has 0 bridgehead atoms. The lowest BCUT2D eigenvalue weighted by Gasteiger charge is -2.32. The molecule has 0 N–H and O–H groups in total. The maximum Gasteiger partial charge on any atom is 0.326 e. The molecule has 0 fully saturated rings. The van der Waals surface area contributed by atoms with E-state index in [-0.39, 0.29) is 29.9 Å². The van der Waals surface area contributed by atoms with Crippen molar-refractivity contribution in [2.75, 3.05) is 36.5 Å². The maximum atomic E-state index is 14.4. The molecule has 9 heteroatoms. The van der Waals surface area contributed by atoms with Gasteiger partial charge in [0.25, 0.3) is 10.0 Å². The van der Waals surface area contributed by atoms with Crippen molar-refractivity contribution in [3.8, 4) is 12.3 Å². The van der Waals surface area contributed by atoms with Crippen LogP contribution in [0.2, 0.25) is 0 Å². The summed E-state index contributed by atoms with van der Waals surface area (Å²) in [4.78, 5) is 26.7. The first-order chi connectivity index (χ1) is 18.9. The van der Waals surface area contributed by atoms with E-state index in [0.29, 0.717) is 27.6 Å². The summed E-state index contributed by atoms with van der Waals surface area (Å²) in [6.45, 7) is 8.85. The van der Waals surface area contributed by atoms with Crippen LogP contribution in [0.1, 0.15) is 35.6 Å². The highest BCUT2D eigenvalue weighted by Gasteiger charge is 2.33. The third-order valence-corrected chi connectivity index (χ3v) is 9.32. The number of ether oxygens (including phenoxy) is 2. The molecule has 0 amide bonds. The molecule has 0 aliphatic carbocycles. The summed E-state index contributed by atoms with van der Waals surface area (Å²) in [6.07, 6.45) is 5.80. The van der Waals surface area contributed by atoms with Crippen LogP contribution in [0.15, 0.2) is 47.4 Å². The molecule has 3 rings (SSSR count). The molecule has 0 saturated carbocycles. The summed E-state index contributed by atoms with van der Waals surface area (Å²) in [5.74, 6) is 1.58. The monoisotopic (exact) mass is 564 g/mol. The van der Waals surface area contributed by atoms with E-state index >= 15 is 0 Å². The van der Waals surface area contributed by atoms with Gasteiger partial charge in [-0.25, -0.2) is 8.42 Å². The van der Waals surface area contributed by atoms with Gasteiger partial charge in [0.2, 0.25) is 0 Å². The normalized spacial score (nSPS) is 11.9. The second-order valence-electron chi connectivity index (χ2n) is 9.79. The van der Waals surface area contributed by atoms with Crippen molar-refractivity contribution in [1.29, 1.82) is 0 Å². The Balaban J connectivity index is 2.31. The van der Waals surface area contributed by atoms with Crippen LogP contribution < -0.4 is 9.21 Å². The van der Waals surface area contributed by atoms with Gasteiger partial charge in [0.05, 0.1) is 37.8 Å². The second kappa shape index (κ2) is 12.4. The van der Waals surface area contributed by atoms with Crippen LogP contribution in [0.25, 0.3) is 10.8 Å². The molecule has 212 valence electrons. The van der Waals surface area contributed by atoms with Gasteiger partial charge in [-0.2, -0.15) is 0 Å². The zero-order valence-electron chi connectivity index (χ0n) is 24.1. The molecular weight excluding hydrogens is 528 g/mol. The van der Waals surface area contributed by atoms with Gasteiger partial charge >= 0.3 is 11.9 Å². The highest BCUT2D eigenvalue weighted by atomic mass is 32.2. The fourth-order valence-corrected chi connectivity index (χ4v) is 6.92. The molecule has 0 aliphatic rings. The number of methoxy groups -OCH3 is 2. The van der Waals surface area contributed by atoms with E-state index in [4.69, 9.17) is 15.9 Å². The summed E-state index contributed by atoms with van der Waals surface area (Å²) in [7, 11) is -1.65. The van der Waals surface area contributed by atoms with Crippen molar-refractivity contribution in [3.05, 3.63) is 64.7 Å². The maximum absolute atomic E-state index is 14.4. The van der Waals surface area contributed by atoms with Crippen LogP contribution in [0.3, 0.4) is 0 Å². The van der Waals surface area contributed by atoms with E-state index < -0.39 is 22.5 Å². The zero-order valence-corrected chi connectivity index (χ0v) is 24.9. The lowest BCUT2D eigenvalue weighted by atomic mass is 10.0. The second-order valence-corrected chi connectivity index (χ2v) is 11.6. The van der Waals surface area contributed by atoms with E-state index in [2.05, 4.69) is 5.92 Å². The fraction of sp³-hybridized carbons (Fsp3) is 0.355. The molecule has 40 heavy (non-hydrogen) atoms. The Labute approximate surface area is 236 Å². The smallest absolute Gasteiger partial charge is 0.326 e. The first-order valence-electron chi connectivity index (χ1n) is 12.8. The number of sulfonamides is 1. The molecule has 3 aromatic carbocycles. The minimum atomic E-state index is -4.21. The minimum absolute atomic E-state index is 0.113. The molecule has 0 radical (unpaired) electrons. The van der Waals surface area contributed by atoms with Crippen LogP contribution in [0, 0.1) is 40.0 Å². The molecule has 0 heterocycles. The number of anilines is 2. The molecule has 0 aromatic heterocycles. The Morgan fingerprint density at radius 1 is 0.900 bits per heavy atom. The molecule has 3 aromatic rings. The Morgan fingerprint density at radius 2 is 1.43 bits per heavy atom. The number of esters is 2. The fourth-order valence-electron chi connectivity index (χ4n) is 4.91. The van der Waals surface area contributed by atoms with Gasteiger partial charge in [-0.1, -0.05) is 36.3 Å². The number of nitrogens with zero attached hydrogens (tertiary/aromatic N) is 2. The number of benzene rings is 3. The van der Waals surface area contributed by atoms with Gasteiger partial charge in [0.1, 0.15) is 6.54 Å². The van der Waals surface area contributed by atoms with Crippen molar-refractivity contribution in [2.24, 2.45) is 0 Å². The lowest BCUT2D eigenvalue weighted by Crippen LogP contribution is -2.38. The van der Waals surface area contributed by atoms with Crippen LogP contribution in [0.5, 0.6) is 0 Å². The average Bonchev–Trinajstić information content (AvgIpc) is 2.92. The minimum Gasteiger partial charge on any atom is -0.469 e. The molecule has 1 atom stereocenters. The SMILES string of the molecule is C#CCN(c1ccc(N(CC(=O)OC)S(=O)(=O)c2c(C)c(C)cc(C)c2C)c2ccccc12)[C@@H](C)CC(=O)OC. The quantitative estimate of drug-likeness (QED) is 0.257. The number of hydrogen-bond donors (Lipinski definition) is 0. The van der Waals surface area contributed by atoms with Gasteiger partial charge in [-0.05, 0) is 69.0 Å². The van der Waals surface area contributed by atoms with E-state index in [1.165, 1.54) is 14.2 Å². The standard InChI is InChI=1S/C31H36N2O6S/c1-9-16-32(22(4)18-29(34)38-7)27-14-15-28(26-13-11-10-12-25(26)27)33(19-30(35)39-8)40(36,37)31-23(5)20(2)17-21(3)24(31)6/h1,10-15,17,22H,16,18-19H2,2-8H3/t22-/m0/s1. The van der Waals surface area contributed by atoms with Crippen LogP contribution in [-0.2, 0) is 29.1 Å². The number of terminal acetylenes is 1. The molecule has 8 nitrogen and oxygen atoms in total. The number of hydrogen-bond acceptors (Lipinski definition) is 7. The van der Waals surface area contributed by atoms with Gasteiger partial charge in [0, 0.05) is 22.5 Å². The number of aryl methyl sites for hydroxylation is 2. The first kappa shape index (κ1) is 30.5. The van der Waals surface area contributed by atoms with Crippen LogP contribution in [0.4, 0.5) is 11.4 Å². The Kier molecular flexibility index (Phi) is 9.48. The third-order valence-electron chi connectivity index (χ3n) is 7.29. The lowest BCUT2D eigenvalue weighted by molar-refractivity contribution is -0.141. The molecule has 0 unspecified atom stereocenters. The number of fused-ring (bicyclic) bond motifs is 1. The van der Waals surface area contributed by atoms with Gasteiger partial charge in [0.15, 0.2) is 0 Å². The third kappa shape index (κ3) is 5.92. The molecular formula is C31H36N2O6S. The number of carbonyl (C=O) groups excluding carboxylic acids is 2. The summed E-state index contributed by atoms with van der Waals surface area (Å²) >= 11 is 0. The summed E-state index contributed by atoms with van der Waals surface area (Å²) in [5.41, 5.74) is 3.96. The van der Waals surface area contributed by atoms with Crippen LogP contribution >= 0.6 is 0 Å². The van der Waals surface area contributed by atoms with Gasteiger partial charge in [-0.15, -0.1) is 6.42 Å². The van der Waals surface area contributed by atoms with E-state index in [0.717, 1.165) is 21.1 Å². The van der Waals surface area contributed by atoms with Gasteiger partial charge < -0.3 is 14.4 Å². The molecule has 0 spiro atoms. The number of rotatable bonds is 10. The van der Waals surface area contributed by atoms with Crippen molar-refractivity contribution in [3.63, 3.8) is 0 Å². The van der Waals surface area contributed by atoms with Crippen molar-refractivity contribution in [2.45, 2.75) is 52.0 Å². The Bertz CT molecular complexity index is 1560. The molecule has 0 saturated heterocycles. The number of carbonyl (C=O) groups is 2. The van der Waals surface area contributed by atoms with E-state index in [1.807, 2.05) is 43.9 Å². The van der Waals surface area contributed by atoms with E-state index in [9.17, 15) is 18.0 Å². The van der Waals surface area contributed by atoms with Crippen molar-refractivity contribution < 1.29 is 27.5 Å². The highest BCUT2D eigenvalue weighted by molar-refractivity contribution is 7.93. The van der Waals surface area contributed by atoms with Crippen molar-refractivity contribution >= 4 is 44.1 Å². The van der Waals surface area contributed by atoms with Gasteiger partial charge in [-0.3, -0.25) is 13.9 Å². The zero-order chi connectivity index (χ0) is 29.8. The predicted octanol–water partition coefficient (Wildman–Crippen LogP) is 4.83. The largest absolute Gasteiger partial charge is 0.469 e. The molecule has 0 aliphatic heterocycles. The summed E-state index contributed by atoms with van der Waals surface area (Å²) in [6, 6.07) is 12.4. The topological polar surface area (TPSA) is 93.2 Å². The predicted molar refractivity (Wildman–Crippen MR) is 158 cm³/mol. The van der Waals surface area contributed by atoms with Crippen molar-refractivity contribution in [1.82, 2.24) is 0 Å². The summed E-state index contributed by atoms with van der Waals surface area (Å²) in [5, 5.41) is 1.31. The first-order valence-corrected chi connectivity index (χ1v) is 14.3. The summed E-state index contributed by atoms with van der Waals surface area (Å²) < 4.78 is 39.6. The average molecular weight is 565 g/mol. The highest BCUT2D eigenvalue weighted by Crippen LogP contribution is 2.39. The Hall–Kier alpha value is -4.03. The van der Waals surface area contributed by atoms with Crippen LogP contribution in [-0.4, -0.2) is 53.7 Å².